The highest BCUT2D eigenvalue weighted by Crippen LogP contribution is 2.29. The van der Waals surface area contributed by atoms with Crippen molar-refractivity contribution in [1.82, 2.24) is 9.80 Å². The van der Waals surface area contributed by atoms with Crippen molar-refractivity contribution in [3.05, 3.63) is 58.8 Å². The average Bonchev–Trinajstić information content (AvgIpc) is 2.73. The Bertz CT molecular complexity index is 648. The molecule has 4 nitrogen and oxygen atoms in total. The lowest BCUT2D eigenvalue weighted by molar-refractivity contribution is 0.0972. The molecule has 0 radical (unpaired) electrons. The number of nitrogens with zero attached hydrogens (tertiary/aromatic N) is 2. The van der Waals surface area contributed by atoms with Gasteiger partial charge in [0.05, 0.1) is 12.6 Å². The first-order chi connectivity index (χ1) is 10.1. The van der Waals surface area contributed by atoms with Gasteiger partial charge in [0.25, 0.3) is 0 Å². The number of rotatable bonds is 3. The lowest BCUT2D eigenvalue weighted by atomic mass is 10.0. The monoisotopic (exact) mass is 301 g/mol. The molecule has 0 saturated carbocycles. The molecule has 3 rings (SSSR count). The minimum Gasteiger partial charge on any atom is -0.337 e. The van der Waals surface area contributed by atoms with Crippen LogP contribution < -0.4 is 0 Å². The number of allylic oxidation sites excluding steroid dienone is 2. The van der Waals surface area contributed by atoms with E-state index in [0.29, 0.717) is 16.5 Å². The van der Waals surface area contributed by atoms with Gasteiger partial charge in [-0.1, -0.05) is 23.8 Å². The summed E-state index contributed by atoms with van der Waals surface area (Å²) in [5, 5.41) is 8.82. The Morgan fingerprint density at radius 2 is 2.10 bits per heavy atom. The Morgan fingerprint density at radius 1 is 1.38 bits per heavy atom. The smallest absolute Gasteiger partial charge is 0.198 e. The number of fused-ring (bicyclic) bond motifs is 1. The quantitative estimate of drug-likeness (QED) is 0.873. The fourth-order valence-corrected chi connectivity index (χ4v) is 2.86. The van der Waals surface area contributed by atoms with E-state index in [1.165, 1.54) is 0 Å². The Hall–Kier alpha value is -2.07. The first kappa shape index (κ1) is 13.9. The molecule has 0 spiro atoms. The van der Waals surface area contributed by atoms with Crippen LogP contribution in [0.1, 0.15) is 16.8 Å². The summed E-state index contributed by atoms with van der Waals surface area (Å²) in [5.41, 5.74) is 1.64. The van der Waals surface area contributed by atoms with Gasteiger partial charge in [-0.2, -0.15) is 0 Å². The molecule has 1 aliphatic heterocycles. The zero-order chi connectivity index (χ0) is 15.0. The van der Waals surface area contributed by atoms with Crippen molar-refractivity contribution < 1.29 is 4.79 Å². The third-order valence-corrected chi connectivity index (χ3v) is 4.19. The second kappa shape index (κ2) is 5.37. The number of nitrogens with one attached hydrogen (secondary N) is 1. The molecule has 1 fully saturated rings. The summed E-state index contributed by atoms with van der Waals surface area (Å²) in [7, 11) is 1.90. The largest absolute Gasteiger partial charge is 0.337 e. The number of likely N-dealkylation sites (N-methyl/N-ethyl adjacent to an activating group) is 1. The van der Waals surface area contributed by atoms with Gasteiger partial charge in [-0.15, -0.1) is 0 Å². The van der Waals surface area contributed by atoms with Gasteiger partial charge in [0.1, 0.15) is 0 Å². The topological polar surface area (TPSA) is 47.4 Å². The predicted molar refractivity (Wildman–Crippen MR) is 83.6 cm³/mol. The van der Waals surface area contributed by atoms with Crippen LogP contribution in [0.15, 0.2) is 48.2 Å². The molecule has 21 heavy (non-hydrogen) atoms. The van der Waals surface area contributed by atoms with E-state index in [1.54, 1.807) is 29.2 Å². The number of benzene rings is 1. The number of halogens is 1. The summed E-state index contributed by atoms with van der Waals surface area (Å²) in [6.07, 6.45) is 6.93. The fraction of sp³-hybridized carbons (Fsp3) is 0.250. The molecule has 5 heteroatoms. The maximum Gasteiger partial charge on any atom is 0.198 e. The Morgan fingerprint density at radius 3 is 2.81 bits per heavy atom. The van der Waals surface area contributed by atoms with Gasteiger partial charge in [0, 0.05) is 23.3 Å². The average molecular weight is 302 g/mol. The summed E-state index contributed by atoms with van der Waals surface area (Å²) < 4.78 is 0. The third kappa shape index (κ3) is 2.47. The van der Waals surface area contributed by atoms with Gasteiger partial charge in [-0.05, 0) is 36.8 Å². The zero-order valence-electron chi connectivity index (χ0n) is 11.7. The highest BCUT2D eigenvalue weighted by atomic mass is 35.5. The maximum atomic E-state index is 12.4. The van der Waals surface area contributed by atoms with Crippen LogP contribution in [-0.4, -0.2) is 41.2 Å². The van der Waals surface area contributed by atoms with Crippen molar-refractivity contribution in [2.45, 2.75) is 12.5 Å². The van der Waals surface area contributed by atoms with Crippen LogP contribution in [0.3, 0.4) is 0 Å². The number of carbonyl (C=O) groups is 1. The summed E-state index contributed by atoms with van der Waals surface area (Å²) in [6.45, 7) is 0.182. The van der Waals surface area contributed by atoms with Gasteiger partial charge < -0.3 is 9.80 Å². The van der Waals surface area contributed by atoms with E-state index >= 15 is 0 Å². The van der Waals surface area contributed by atoms with Crippen LogP contribution in [-0.2, 0) is 0 Å². The first-order valence-electron chi connectivity index (χ1n) is 6.82. The molecule has 1 saturated heterocycles. The van der Waals surface area contributed by atoms with Gasteiger partial charge in [0.15, 0.2) is 11.7 Å². The zero-order valence-corrected chi connectivity index (χ0v) is 12.5. The number of carbonyl (C=O) groups excluding carboxylic acids is 1. The van der Waals surface area contributed by atoms with E-state index in [4.69, 9.17) is 17.0 Å². The molecule has 0 amide bonds. The maximum absolute atomic E-state index is 12.4. The summed E-state index contributed by atoms with van der Waals surface area (Å²) in [5.74, 6) is 0.359. The van der Waals surface area contributed by atoms with Crippen LogP contribution >= 0.6 is 11.6 Å². The van der Waals surface area contributed by atoms with E-state index in [9.17, 15) is 4.79 Å². The van der Waals surface area contributed by atoms with Crippen LogP contribution in [0, 0.1) is 5.41 Å². The summed E-state index contributed by atoms with van der Waals surface area (Å²) in [4.78, 5) is 16.1. The summed E-state index contributed by atoms with van der Waals surface area (Å²) >= 11 is 5.84. The molecular formula is C16H16ClN3O. The van der Waals surface area contributed by atoms with Crippen molar-refractivity contribution in [3.63, 3.8) is 0 Å². The number of ketones is 1. The van der Waals surface area contributed by atoms with Crippen molar-refractivity contribution in [3.8, 4) is 0 Å². The van der Waals surface area contributed by atoms with Gasteiger partial charge in [-0.25, -0.2) is 0 Å². The van der Waals surface area contributed by atoms with E-state index in [0.717, 1.165) is 12.1 Å². The summed E-state index contributed by atoms with van der Waals surface area (Å²) in [6, 6.07) is 7.03. The van der Waals surface area contributed by atoms with Gasteiger partial charge >= 0.3 is 0 Å². The highest BCUT2D eigenvalue weighted by molar-refractivity contribution is 6.30. The fourth-order valence-electron chi connectivity index (χ4n) is 2.73. The second-order valence-electron chi connectivity index (χ2n) is 5.22. The molecular weight excluding hydrogens is 286 g/mol. The Kier molecular flexibility index (Phi) is 3.55. The lowest BCUT2D eigenvalue weighted by Crippen LogP contribution is -2.34. The van der Waals surface area contributed by atoms with Crippen molar-refractivity contribution >= 4 is 23.3 Å². The first-order valence-corrected chi connectivity index (χ1v) is 7.20. The van der Waals surface area contributed by atoms with Crippen molar-refractivity contribution in [2.75, 3.05) is 13.6 Å². The third-order valence-electron chi connectivity index (χ3n) is 3.94. The molecule has 1 unspecified atom stereocenters. The molecule has 0 aromatic heterocycles. The van der Waals surface area contributed by atoms with E-state index in [2.05, 4.69) is 6.08 Å². The molecule has 1 N–H and O–H groups in total. The van der Waals surface area contributed by atoms with E-state index in [-0.39, 0.29) is 18.4 Å². The van der Waals surface area contributed by atoms with E-state index < -0.39 is 0 Å². The molecule has 1 heterocycles. The van der Waals surface area contributed by atoms with Gasteiger partial charge in [-0.3, -0.25) is 10.2 Å². The number of hydrogen-bond donors (Lipinski definition) is 1. The number of hydrogen-bond acceptors (Lipinski definition) is 2. The highest BCUT2D eigenvalue weighted by Gasteiger charge is 2.37. The SMILES string of the molecule is CN1C(=N)N(CC(=O)c2ccc(Cl)cc2)C2=CC=CCC21. The van der Waals surface area contributed by atoms with Crippen LogP contribution in [0.5, 0.6) is 0 Å². The van der Waals surface area contributed by atoms with Gasteiger partial charge in [0.2, 0.25) is 0 Å². The van der Waals surface area contributed by atoms with E-state index in [1.807, 2.05) is 24.1 Å². The molecule has 108 valence electrons. The second-order valence-corrected chi connectivity index (χ2v) is 5.66. The number of Topliss-reactive ketones (excluding diaryl/α,β-unsaturated/α-hetero) is 1. The minimum absolute atomic E-state index is 0.0130. The van der Waals surface area contributed by atoms with Crippen LogP contribution in [0.25, 0.3) is 0 Å². The minimum atomic E-state index is -0.0130. The molecule has 0 bridgehead atoms. The molecule has 1 atom stereocenters. The van der Waals surface area contributed by atoms with Crippen molar-refractivity contribution in [2.24, 2.45) is 0 Å². The molecule has 1 aliphatic carbocycles. The van der Waals surface area contributed by atoms with Crippen LogP contribution in [0.2, 0.25) is 5.02 Å². The Balaban J connectivity index is 1.82. The number of guanidine groups is 1. The molecule has 2 aliphatic rings. The normalized spacial score (nSPS) is 20.6. The Labute approximate surface area is 128 Å². The molecule has 1 aromatic carbocycles. The standard InChI is InChI=1S/C16H16ClN3O/c1-19-13-4-2-3-5-14(13)20(16(19)18)10-15(21)11-6-8-12(17)9-7-11/h2-3,5-9,13,18H,4,10H2,1H3. The lowest BCUT2D eigenvalue weighted by Gasteiger charge is -2.20. The van der Waals surface area contributed by atoms with Crippen molar-refractivity contribution in [1.29, 1.82) is 5.41 Å². The molecule has 1 aromatic rings. The predicted octanol–water partition coefficient (Wildman–Crippen LogP) is 2.92. The van der Waals surface area contributed by atoms with Crippen LogP contribution in [0.4, 0.5) is 0 Å².